The number of aryl methyl sites for hydroxylation is 2. The lowest BCUT2D eigenvalue weighted by Crippen LogP contribution is -2.09. The van der Waals surface area contributed by atoms with E-state index < -0.39 is 0 Å². The molecule has 0 N–H and O–H groups in total. The molecule has 0 radical (unpaired) electrons. The van der Waals surface area contributed by atoms with Crippen molar-refractivity contribution in [3.63, 3.8) is 0 Å². The monoisotopic (exact) mass is 241 g/mol. The maximum atomic E-state index is 11.0. The number of carbonyl (C=O) groups is 1. The molecule has 1 aromatic heterocycles. The van der Waals surface area contributed by atoms with Crippen LogP contribution in [0.3, 0.4) is 0 Å². The third kappa shape index (κ3) is 3.77. The van der Waals surface area contributed by atoms with E-state index in [1.54, 1.807) is 0 Å². The Bertz CT molecular complexity index is 384. The van der Waals surface area contributed by atoms with E-state index in [4.69, 9.17) is 0 Å². The van der Waals surface area contributed by atoms with Gasteiger partial charge in [0.05, 0.1) is 24.9 Å². The molecule has 88 valence electrons. The van der Waals surface area contributed by atoms with E-state index in [2.05, 4.69) is 19.9 Å². The van der Waals surface area contributed by atoms with Gasteiger partial charge in [-0.05, 0) is 13.8 Å². The number of nitrogens with zero attached hydrogens (tertiary/aromatic N) is 3. The first-order chi connectivity index (χ1) is 7.52. The first-order valence-electron chi connectivity index (χ1n) is 4.94. The maximum absolute atomic E-state index is 11.0. The smallest absolute Gasteiger partial charge is 0.306 e. The maximum Gasteiger partial charge on any atom is 0.306 e. The molecule has 0 saturated heterocycles. The van der Waals surface area contributed by atoms with Crippen molar-refractivity contribution in [3.05, 3.63) is 11.4 Å². The van der Waals surface area contributed by atoms with E-state index in [0.29, 0.717) is 11.6 Å². The van der Waals surface area contributed by atoms with Gasteiger partial charge < -0.3 is 4.74 Å². The van der Waals surface area contributed by atoms with Crippen LogP contribution in [0.15, 0.2) is 5.16 Å². The predicted molar refractivity (Wildman–Crippen MR) is 61.3 cm³/mol. The van der Waals surface area contributed by atoms with Gasteiger partial charge in [0.25, 0.3) is 0 Å². The zero-order valence-electron chi connectivity index (χ0n) is 9.85. The summed E-state index contributed by atoms with van der Waals surface area (Å²) >= 11 is 1.42. The SMILES string of the molecule is COC(=O)CC(C)Sc1nnc(C)c(C)n1. The molecule has 5 nitrogen and oxygen atoms in total. The first-order valence-corrected chi connectivity index (χ1v) is 5.82. The number of thioether (sulfide) groups is 1. The van der Waals surface area contributed by atoms with Gasteiger partial charge in [0.2, 0.25) is 5.16 Å². The number of aromatic nitrogens is 3. The molecule has 1 heterocycles. The normalized spacial score (nSPS) is 12.2. The summed E-state index contributed by atoms with van der Waals surface area (Å²) in [6.07, 6.45) is 0.345. The van der Waals surface area contributed by atoms with Crippen molar-refractivity contribution in [1.82, 2.24) is 15.2 Å². The van der Waals surface area contributed by atoms with Crippen LogP contribution in [0.4, 0.5) is 0 Å². The van der Waals surface area contributed by atoms with Crippen molar-refractivity contribution in [2.24, 2.45) is 0 Å². The third-order valence-corrected chi connectivity index (χ3v) is 3.01. The summed E-state index contributed by atoms with van der Waals surface area (Å²) < 4.78 is 4.59. The fraction of sp³-hybridized carbons (Fsp3) is 0.600. The van der Waals surface area contributed by atoms with Gasteiger partial charge in [0.15, 0.2) is 0 Å². The molecule has 0 amide bonds. The van der Waals surface area contributed by atoms with Crippen LogP contribution in [0, 0.1) is 13.8 Å². The van der Waals surface area contributed by atoms with E-state index in [1.807, 2.05) is 20.8 Å². The van der Waals surface area contributed by atoms with Crippen molar-refractivity contribution in [1.29, 1.82) is 0 Å². The molecule has 1 rings (SSSR count). The Labute approximate surface area is 99.0 Å². The van der Waals surface area contributed by atoms with Crippen molar-refractivity contribution in [2.75, 3.05) is 7.11 Å². The largest absolute Gasteiger partial charge is 0.469 e. The Morgan fingerprint density at radius 2 is 2.06 bits per heavy atom. The van der Waals surface area contributed by atoms with Gasteiger partial charge in [-0.15, -0.1) is 5.10 Å². The molecule has 0 saturated carbocycles. The highest BCUT2D eigenvalue weighted by Gasteiger charge is 2.13. The number of esters is 1. The number of hydrogen-bond donors (Lipinski definition) is 0. The Morgan fingerprint density at radius 1 is 1.38 bits per heavy atom. The second-order valence-corrected chi connectivity index (χ2v) is 4.88. The lowest BCUT2D eigenvalue weighted by molar-refractivity contribution is -0.140. The van der Waals surface area contributed by atoms with Gasteiger partial charge in [-0.1, -0.05) is 18.7 Å². The van der Waals surface area contributed by atoms with Gasteiger partial charge in [-0.3, -0.25) is 4.79 Å². The lowest BCUT2D eigenvalue weighted by atomic mass is 10.3. The Balaban J connectivity index is 2.59. The molecule has 0 fully saturated rings. The molecular formula is C10H15N3O2S. The van der Waals surface area contributed by atoms with Crippen LogP contribution in [0.2, 0.25) is 0 Å². The molecule has 16 heavy (non-hydrogen) atoms. The summed E-state index contributed by atoms with van der Waals surface area (Å²) in [5.41, 5.74) is 1.69. The molecule has 0 aliphatic rings. The quantitative estimate of drug-likeness (QED) is 0.588. The average molecular weight is 241 g/mol. The molecule has 0 aliphatic carbocycles. The summed E-state index contributed by atoms with van der Waals surface area (Å²) in [5, 5.41) is 8.62. The van der Waals surface area contributed by atoms with Gasteiger partial charge in [-0.25, -0.2) is 4.98 Å². The van der Waals surface area contributed by atoms with E-state index in [-0.39, 0.29) is 11.2 Å². The fourth-order valence-corrected chi connectivity index (χ4v) is 1.88. The number of hydrogen-bond acceptors (Lipinski definition) is 6. The number of rotatable bonds is 4. The predicted octanol–water partition coefficient (Wildman–Crippen LogP) is 1.53. The number of ether oxygens (including phenoxy) is 1. The fourth-order valence-electron chi connectivity index (χ4n) is 1.03. The van der Waals surface area contributed by atoms with E-state index in [1.165, 1.54) is 18.9 Å². The van der Waals surface area contributed by atoms with Crippen LogP contribution in [-0.2, 0) is 9.53 Å². The molecule has 1 unspecified atom stereocenters. The second-order valence-electron chi connectivity index (χ2n) is 3.47. The van der Waals surface area contributed by atoms with Crippen LogP contribution in [-0.4, -0.2) is 33.5 Å². The highest BCUT2D eigenvalue weighted by Crippen LogP contribution is 2.21. The molecular weight excluding hydrogens is 226 g/mol. The van der Waals surface area contributed by atoms with Gasteiger partial charge in [0, 0.05) is 5.25 Å². The van der Waals surface area contributed by atoms with E-state index in [0.717, 1.165) is 11.4 Å². The van der Waals surface area contributed by atoms with Crippen LogP contribution in [0.1, 0.15) is 24.7 Å². The minimum absolute atomic E-state index is 0.0800. The zero-order chi connectivity index (χ0) is 12.1. The van der Waals surface area contributed by atoms with Gasteiger partial charge >= 0.3 is 5.97 Å². The Morgan fingerprint density at radius 3 is 2.62 bits per heavy atom. The first kappa shape index (κ1) is 12.9. The molecule has 0 aromatic carbocycles. The summed E-state index contributed by atoms with van der Waals surface area (Å²) in [5.74, 6) is -0.225. The Hall–Kier alpha value is -1.17. The van der Waals surface area contributed by atoms with E-state index in [9.17, 15) is 4.79 Å². The van der Waals surface area contributed by atoms with Crippen molar-refractivity contribution in [3.8, 4) is 0 Å². The number of carbonyl (C=O) groups excluding carboxylic acids is 1. The minimum Gasteiger partial charge on any atom is -0.469 e. The topological polar surface area (TPSA) is 65.0 Å². The molecule has 6 heteroatoms. The minimum atomic E-state index is -0.225. The highest BCUT2D eigenvalue weighted by molar-refractivity contribution is 7.99. The molecule has 0 bridgehead atoms. The number of methoxy groups -OCH3 is 1. The van der Waals surface area contributed by atoms with Crippen LogP contribution < -0.4 is 0 Å². The third-order valence-electron chi connectivity index (χ3n) is 2.06. The summed E-state index contributed by atoms with van der Waals surface area (Å²) in [4.78, 5) is 15.3. The highest BCUT2D eigenvalue weighted by atomic mass is 32.2. The van der Waals surface area contributed by atoms with Crippen molar-refractivity contribution in [2.45, 2.75) is 37.6 Å². The van der Waals surface area contributed by atoms with Crippen LogP contribution in [0.25, 0.3) is 0 Å². The summed E-state index contributed by atoms with van der Waals surface area (Å²) in [6, 6.07) is 0. The average Bonchev–Trinajstić information content (AvgIpc) is 2.23. The van der Waals surface area contributed by atoms with Gasteiger partial charge in [-0.2, -0.15) is 5.10 Å². The van der Waals surface area contributed by atoms with Crippen LogP contribution in [0.5, 0.6) is 0 Å². The van der Waals surface area contributed by atoms with Crippen molar-refractivity contribution >= 4 is 17.7 Å². The zero-order valence-corrected chi connectivity index (χ0v) is 10.7. The summed E-state index contributed by atoms with van der Waals surface area (Å²) in [7, 11) is 1.38. The lowest BCUT2D eigenvalue weighted by Gasteiger charge is -2.08. The second kappa shape index (κ2) is 5.79. The van der Waals surface area contributed by atoms with Crippen molar-refractivity contribution < 1.29 is 9.53 Å². The van der Waals surface area contributed by atoms with Crippen LogP contribution >= 0.6 is 11.8 Å². The van der Waals surface area contributed by atoms with Gasteiger partial charge in [0.1, 0.15) is 0 Å². The molecule has 1 aromatic rings. The standard InChI is InChI=1S/C10H15N3O2S/c1-6(5-9(14)15-4)16-10-11-7(2)8(3)12-13-10/h6H,5H2,1-4H3. The molecule has 1 atom stereocenters. The molecule has 0 aliphatic heterocycles. The van der Waals surface area contributed by atoms with E-state index >= 15 is 0 Å². The Kier molecular flexibility index (Phi) is 4.67. The molecule has 0 spiro atoms. The summed E-state index contributed by atoms with van der Waals surface area (Å²) in [6.45, 7) is 5.68.